The maximum atomic E-state index is 2.41. The molecule has 1 nitrogen and oxygen atoms in total. The maximum absolute atomic E-state index is 2.41. The summed E-state index contributed by atoms with van der Waals surface area (Å²) >= 11 is 0. The number of fused-ring (bicyclic) bond motifs is 4. The molecule has 0 saturated carbocycles. The minimum atomic E-state index is 1.18. The van der Waals surface area contributed by atoms with E-state index in [1.807, 2.05) is 0 Å². The summed E-state index contributed by atoms with van der Waals surface area (Å²) in [6.45, 7) is 2.19. The van der Waals surface area contributed by atoms with Gasteiger partial charge in [0.1, 0.15) is 0 Å². The van der Waals surface area contributed by atoms with Crippen molar-refractivity contribution in [3.05, 3.63) is 139 Å². The van der Waals surface area contributed by atoms with Crippen molar-refractivity contribution in [3.63, 3.8) is 0 Å². The maximum Gasteiger partial charge on any atom is 0.0547 e. The second-order valence-electron chi connectivity index (χ2n) is 9.48. The Labute approximate surface area is 210 Å². The molecule has 0 aliphatic carbocycles. The average Bonchev–Trinajstić information content (AvgIpc) is 3.27. The average molecular weight is 460 g/mol. The molecule has 0 spiro atoms. The Morgan fingerprint density at radius 1 is 0.444 bits per heavy atom. The highest BCUT2D eigenvalue weighted by molar-refractivity contribution is 6.10. The molecule has 0 fully saturated rings. The molecule has 1 aromatic heterocycles. The quantitative estimate of drug-likeness (QED) is 0.248. The Hall–Kier alpha value is -4.62. The molecule has 7 rings (SSSR count). The summed E-state index contributed by atoms with van der Waals surface area (Å²) < 4.78 is 2.41. The molecule has 0 bridgehead atoms. The normalized spacial score (nSPS) is 11.5. The van der Waals surface area contributed by atoms with Gasteiger partial charge < -0.3 is 4.57 Å². The van der Waals surface area contributed by atoms with Crippen LogP contribution in [0.3, 0.4) is 0 Å². The van der Waals surface area contributed by atoms with Crippen LogP contribution >= 0.6 is 0 Å². The van der Waals surface area contributed by atoms with Crippen molar-refractivity contribution in [1.29, 1.82) is 0 Å². The van der Waals surface area contributed by atoms with E-state index in [4.69, 9.17) is 0 Å². The largest absolute Gasteiger partial charge is 0.309 e. The first-order valence-corrected chi connectivity index (χ1v) is 12.5. The molecule has 170 valence electrons. The van der Waals surface area contributed by atoms with Gasteiger partial charge in [-0.3, -0.25) is 0 Å². The fourth-order valence-electron chi connectivity index (χ4n) is 5.58. The molecule has 0 atom stereocenters. The van der Waals surface area contributed by atoms with Crippen LogP contribution in [-0.4, -0.2) is 4.57 Å². The molecular weight excluding hydrogens is 434 g/mol. The minimum Gasteiger partial charge on any atom is -0.309 e. The Morgan fingerprint density at radius 3 is 1.97 bits per heavy atom. The van der Waals surface area contributed by atoms with E-state index in [2.05, 4.69) is 145 Å². The summed E-state index contributed by atoms with van der Waals surface area (Å²) in [5.41, 5.74) is 9.96. The molecule has 0 radical (unpaired) electrons. The molecule has 36 heavy (non-hydrogen) atoms. The third-order valence-electron chi connectivity index (χ3n) is 7.34. The van der Waals surface area contributed by atoms with Gasteiger partial charge in [-0.25, -0.2) is 0 Å². The molecule has 7 aromatic rings. The zero-order valence-corrected chi connectivity index (χ0v) is 20.1. The lowest BCUT2D eigenvalue weighted by Crippen LogP contribution is -1.94. The first-order valence-electron chi connectivity index (χ1n) is 12.5. The first kappa shape index (κ1) is 20.7. The highest BCUT2D eigenvalue weighted by Gasteiger charge is 2.15. The van der Waals surface area contributed by atoms with Crippen molar-refractivity contribution >= 4 is 32.6 Å². The van der Waals surface area contributed by atoms with Gasteiger partial charge in [-0.15, -0.1) is 0 Å². The van der Waals surface area contributed by atoms with Crippen molar-refractivity contribution in [2.75, 3.05) is 0 Å². The molecule has 0 unspecified atom stereocenters. The molecule has 6 aromatic carbocycles. The minimum absolute atomic E-state index is 1.18. The fraction of sp³-hybridized carbons (Fsp3) is 0.0286. The summed E-state index contributed by atoms with van der Waals surface area (Å²) in [5, 5.41) is 5.06. The van der Waals surface area contributed by atoms with Gasteiger partial charge in [0, 0.05) is 16.5 Å². The Balaban J connectivity index is 1.51. The van der Waals surface area contributed by atoms with Gasteiger partial charge in [-0.2, -0.15) is 0 Å². The van der Waals surface area contributed by atoms with Gasteiger partial charge in [0.15, 0.2) is 0 Å². The predicted molar refractivity (Wildman–Crippen MR) is 154 cm³/mol. The summed E-state index contributed by atoms with van der Waals surface area (Å²) in [7, 11) is 0. The fourth-order valence-corrected chi connectivity index (χ4v) is 5.58. The smallest absolute Gasteiger partial charge is 0.0547 e. The van der Waals surface area contributed by atoms with Crippen LogP contribution in [0.15, 0.2) is 133 Å². The summed E-state index contributed by atoms with van der Waals surface area (Å²) in [6, 6.07) is 48.4. The van der Waals surface area contributed by atoms with E-state index in [1.54, 1.807) is 0 Å². The number of para-hydroxylation sites is 1. The third kappa shape index (κ3) is 3.25. The summed E-state index contributed by atoms with van der Waals surface area (Å²) in [4.78, 5) is 0. The van der Waals surface area contributed by atoms with E-state index in [9.17, 15) is 0 Å². The Morgan fingerprint density at radius 2 is 1.11 bits per heavy atom. The van der Waals surface area contributed by atoms with Gasteiger partial charge in [0.05, 0.1) is 11.0 Å². The topological polar surface area (TPSA) is 4.93 Å². The lowest BCUT2D eigenvalue weighted by Gasteiger charge is -2.14. The van der Waals surface area contributed by atoms with Gasteiger partial charge in [0.2, 0.25) is 0 Å². The number of aryl methyl sites for hydroxylation is 1. The lowest BCUT2D eigenvalue weighted by molar-refractivity contribution is 1.19. The van der Waals surface area contributed by atoms with E-state index in [0.717, 1.165) is 0 Å². The summed E-state index contributed by atoms with van der Waals surface area (Å²) in [6.07, 6.45) is 0. The number of hydrogen-bond donors (Lipinski definition) is 0. The van der Waals surface area contributed by atoms with Gasteiger partial charge in [-0.1, -0.05) is 109 Å². The van der Waals surface area contributed by atoms with E-state index in [1.165, 1.54) is 66.1 Å². The van der Waals surface area contributed by atoms with E-state index < -0.39 is 0 Å². The zero-order valence-electron chi connectivity index (χ0n) is 20.1. The SMILES string of the molecule is Cc1ccccc1-c1ccccc1-c1ccc2c3ccccc3n(-c3ccc4ccccc4c3)c2c1. The number of nitrogens with zero attached hydrogens (tertiary/aromatic N) is 1. The lowest BCUT2D eigenvalue weighted by atomic mass is 9.92. The van der Waals surface area contributed by atoms with Crippen LogP contribution in [0.1, 0.15) is 5.56 Å². The Kier molecular flexibility index (Phi) is 4.75. The van der Waals surface area contributed by atoms with Crippen molar-refractivity contribution in [1.82, 2.24) is 4.57 Å². The first-order chi connectivity index (χ1) is 17.8. The molecular formula is C35H25N. The van der Waals surface area contributed by atoms with Crippen molar-refractivity contribution in [2.45, 2.75) is 6.92 Å². The van der Waals surface area contributed by atoms with Crippen molar-refractivity contribution in [2.24, 2.45) is 0 Å². The number of benzene rings is 6. The van der Waals surface area contributed by atoms with Crippen LogP contribution in [0.25, 0.3) is 60.5 Å². The molecule has 0 aliphatic heterocycles. The number of rotatable bonds is 3. The van der Waals surface area contributed by atoms with Crippen LogP contribution < -0.4 is 0 Å². The van der Waals surface area contributed by atoms with Gasteiger partial charge in [-0.05, 0) is 69.8 Å². The monoisotopic (exact) mass is 459 g/mol. The third-order valence-corrected chi connectivity index (χ3v) is 7.34. The van der Waals surface area contributed by atoms with E-state index in [0.29, 0.717) is 0 Å². The molecule has 1 heterocycles. The molecule has 0 aliphatic rings. The van der Waals surface area contributed by atoms with Gasteiger partial charge in [0.25, 0.3) is 0 Å². The van der Waals surface area contributed by atoms with E-state index in [-0.39, 0.29) is 0 Å². The van der Waals surface area contributed by atoms with Crippen LogP contribution in [0.5, 0.6) is 0 Å². The molecule has 0 amide bonds. The van der Waals surface area contributed by atoms with Crippen molar-refractivity contribution in [3.8, 4) is 27.9 Å². The predicted octanol–water partition coefficient (Wildman–Crippen LogP) is 9.58. The van der Waals surface area contributed by atoms with Crippen LogP contribution in [0.2, 0.25) is 0 Å². The molecule has 0 saturated heterocycles. The molecule has 1 heteroatoms. The number of hydrogen-bond acceptors (Lipinski definition) is 0. The van der Waals surface area contributed by atoms with Gasteiger partial charge >= 0.3 is 0 Å². The van der Waals surface area contributed by atoms with Crippen LogP contribution in [0, 0.1) is 6.92 Å². The number of aromatic nitrogens is 1. The second kappa shape index (κ2) is 8.25. The zero-order chi connectivity index (χ0) is 24.1. The Bertz CT molecular complexity index is 1900. The van der Waals surface area contributed by atoms with Crippen LogP contribution in [-0.2, 0) is 0 Å². The standard InChI is InChI=1S/C35H25N/c1-24-10-2-5-13-29(24)31-15-7-6-14-30(31)27-19-21-33-32-16-8-9-17-34(32)36(35(33)23-27)28-20-18-25-11-3-4-12-26(25)22-28/h2-23H,1H3. The van der Waals surface area contributed by atoms with Crippen molar-refractivity contribution < 1.29 is 0 Å². The van der Waals surface area contributed by atoms with E-state index >= 15 is 0 Å². The second-order valence-corrected chi connectivity index (χ2v) is 9.48. The van der Waals surface area contributed by atoms with Crippen LogP contribution in [0.4, 0.5) is 0 Å². The molecule has 0 N–H and O–H groups in total. The highest BCUT2D eigenvalue weighted by atomic mass is 15.0. The summed E-state index contributed by atoms with van der Waals surface area (Å²) in [5.74, 6) is 0. The highest BCUT2D eigenvalue weighted by Crippen LogP contribution is 2.38.